The van der Waals surface area contributed by atoms with Crippen LogP contribution in [-0.2, 0) is 20.9 Å². The fourth-order valence-corrected chi connectivity index (χ4v) is 1.77. The smallest absolute Gasteiger partial charge is 0.317 e. The molecule has 8 heteroatoms. The summed E-state index contributed by atoms with van der Waals surface area (Å²) >= 11 is 5.75. The number of halogens is 1. The second-order valence-electron chi connectivity index (χ2n) is 4.41. The highest BCUT2D eigenvalue weighted by Gasteiger charge is 2.15. The second kappa shape index (κ2) is 8.23. The molecule has 7 nitrogen and oxygen atoms in total. The number of aliphatic carboxylic acids is 1. The summed E-state index contributed by atoms with van der Waals surface area (Å²) in [5.41, 5.74) is 5.86. The molecule has 0 aliphatic heterocycles. The number of rotatable bonds is 8. The molecule has 1 aromatic carbocycles. The van der Waals surface area contributed by atoms with Gasteiger partial charge in [-0.15, -0.1) is 0 Å². The predicted molar refractivity (Wildman–Crippen MR) is 76.6 cm³/mol. The van der Waals surface area contributed by atoms with E-state index in [4.69, 9.17) is 22.4 Å². The van der Waals surface area contributed by atoms with Gasteiger partial charge in [0.1, 0.15) is 0 Å². The number of amides is 2. The lowest BCUT2D eigenvalue weighted by Crippen LogP contribution is -2.43. The molecular weight excluding hydrogens is 298 g/mol. The number of nitrogens with two attached hydrogens (primary N) is 1. The average molecular weight is 314 g/mol. The van der Waals surface area contributed by atoms with Gasteiger partial charge in [0.25, 0.3) is 0 Å². The molecule has 0 aromatic heterocycles. The monoisotopic (exact) mass is 313 g/mol. The summed E-state index contributed by atoms with van der Waals surface area (Å²) in [6.45, 7) is -0.658. The van der Waals surface area contributed by atoms with E-state index in [1.165, 1.54) is 0 Å². The Morgan fingerprint density at radius 3 is 2.29 bits per heavy atom. The fraction of sp³-hybridized carbons (Fsp3) is 0.308. The molecule has 114 valence electrons. The highest BCUT2D eigenvalue weighted by Crippen LogP contribution is 2.09. The minimum atomic E-state index is -1.14. The van der Waals surface area contributed by atoms with E-state index in [0.29, 0.717) is 5.02 Å². The molecule has 0 saturated carbocycles. The third-order valence-corrected chi connectivity index (χ3v) is 2.76. The Morgan fingerprint density at radius 2 is 1.76 bits per heavy atom. The lowest BCUT2D eigenvalue weighted by molar-refractivity contribution is -0.139. The minimum Gasteiger partial charge on any atom is -0.480 e. The standard InChI is InChI=1S/C13H16ClN3O4/c14-10-3-1-9(2-4-10)5-16-12(19)7-17(6-11(15)18)8-13(20)21/h1-4H,5-8H2,(H2,15,18)(H,16,19)(H,20,21). The number of carboxylic acid groups (broad SMARTS) is 1. The van der Waals surface area contributed by atoms with E-state index in [1.807, 2.05) is 0 Å². The Labute approximate surface area is 126 Å². The van der Waals surface area contributed by atoms with Crippen LogP contribution in [0.25, 0.3) is 0 Å². The van der Waals surface area contributed by atoms with Crippen molar-refractivity contribution in [1.29, 1.82) is 0 Å². The maximum absolute atomic E-state index is 11.7. The first-order valence-corrected chi connectivity index (χ1v) is 6.48. The van der Waals surface area contributed by atoms with Crippen LogP contribution in [0.15, 0.2) is 24.3 Å². The first-order valence-electron chi connectivity index (χ1n) is 6.10. The molecule has 0 fully saturated rings. The molecule has 2 amide bonds. The van der Waals surface area contributed by atoms with E-state index >= 15 is 0 Å². The first-order chi connectivity index (χ1) is 9.86. The van der Waals surface area contributed by atoms with Gasteiger partial charge in [-0.05, 0) is 17.7 Å². The van der Waals surface area contributed by atoms with Gasteiger partial charge in [0.05, 0.1) is 19.6 Å². The van der Waals surface area contributed by atoms with E-state index in [1.54, 1.807) is 24.3 Å². The average Bonchev–Trinajstić information content (AvgIpc) is 2.36. The summed E-state index contributed by atoms with van der Waals surface area (Å²) < 4.78 is 0. The van der Waals surface area contributed by atoms with Crippen LogP contribution in [0.5, 0.6) is 0 Å². The highest BCUT2D eigenvalue weighted by molar-refractivity contribution is 6.30. The third kappa shape index (κ3) is 7.28. The number of primary amides is 1. The molecule has 0 aliphatic rings. The topological polar surface area (TPSA) is 113 Å². The Hall–Kier alpha value is -2.12. The van der Waals surface area contributed by atoms with Crippen LogP contribution >= 0.6 is 11.6 Å². The molecule has 0 aliphatic carbocycles. The normalized spacial score (nSPS) is 10.4. The van der Waals surface area contributed by atoms with Crippen LogP contribution < -0.4 is 11.1 Å². The van der Waals surface area contributed by atoms with Gasteiger partial charge in [0.15, 0.2) is 0 Å². The molecule has 1 rings (SSSR count). The molecule has 21 heavy (non-hydrogen) atoms. The highest BCUT2D eigenvalue weighted by atomic mass is 35.5. The zero-order valence-electron chi connectivity index (χ0n) is 11.2. The van der Waals surface area contributed by atoms with Crippen molar-refractivity contribution in [2.24, 2.45) is 5.73 Å². The van der Waals surface area contributed by atoms with Crippen LogP contribution in [0, 0.1) is 0 Å². The Morgan fingerprint density at radius 1 is 1.14 bits per heavy atom. The van der Waals surface area contributed by atoms with Gasteiger partial charge in [0.2, 0.25) is 11.8 Å². The van der Waals surface area contributed by atoms with Crippen LogP contribution in [-0.4, -0.2) is 47.4 Å². The SMILES string of the molecule is NC(=O)CN(CC(=O)O)CC(=O)NCc1ccc(Cl)cc1. The number of hydrogen-bond donors (Lipinski definition) is 3. The van der Waals surface area contributed by atoms with E-state index in [2.05, 4.69) is 5.32 Å². The summed E-state index contributed by atoms with van der Waals surface area (Å²) in [7, 11) is 0. The lowest BCUT2D eigenvalue weighted by atomic mass is 10.2. The number of carboxylic acids is 1. The zero-order valence-corrected chi connectivity index (χ0v) is 12.0. The maximum atomic E-state index is 11.7. The molecule has 0 unspecified atom stereocenters. The molecule has 1 aromatic rings. The summed E-state index contributed by atoms with van der Waals surface area (Å²) in [5, 5.41) is 11.9. The van der Waals surface area contributed by atoms with Crippen molar-refractivity contribution in [2.45, 2.75) is 6.54 Å². The van der Waals surface area contributed by atoms with Gasteiger partial charge in [-0.25, -0.2) is 0 Å². The lowest BCUT2D eigenvalue weighted by Gasteiger charge is -2.17. The van der Waals surface area contributed by atoms with Crippen LogP contribution in [0.1, 0.15) is 5.56 Å². The first kappa shape index (κ1) is 16.9. The number of nitrogens with zero attached hydrogens (tertiary/aromatic N) is 1. The number of nitrogens with one attached hydrogen (secondary N) is 1. The van der Waals surface area contributed by atoms with Gasteiger partial charge in [-0.2, -0.15) is 0 Å². The van der Waals surface area contributed by atoms with Crippen molar-refractivity contribution in [3.05, 3.63) is 34.9 Å². The number of hydrogen-bond acceptors (Lipinski definition) is 4. The van der Waals surface area contributed by atoms with Crippen molar-refractivity contribution in [1.82, 2.24) is 10.2 Å². The summed E-state index contributed by atoms with van der Waals surface area (Å²) in [5.74, 6) is -2.23. The van der Waals surface area contributed by atoms with Gasteiger partial charge >= 0.3 is 5.97 Å². The molecule has 0 saturated heterocycles. The van der Waals surface area contributed by atoms with Gasteiger partial charge < -0.3 is 16.2 Å². The van der Waals surface area contributed by atoms with E-state index in [-0.39, 0.29) is 19.6 Å². The van der Waals surface area contributed by atoms with Crippen molar-refractivity contribution in [2.75, 3.05) is 19.6 Å². The Kier molecular flexibility index (Phi) is 6.64. The maximum Gasteiger partial charge on any atom is 0.317 e. The Balaban J connectivity index is 2.47. The van der Waals surface area contributed by atoms with Crippen LogP contribution in [0.2, 0.25) is 5.02 Å². The molecular formula is C13H16ClN3O4. The van der Waals surface area contributed by atoms with Gasteiger partial charge in [-0.1, -0.05) is 23.7 Å². The van der Waals surface area contributed by atoms with Crippen molar-refractivity contribution < 1.29 is 19.5 Å². The van der Waals surface area contributed by atoms with Crippen molar-refractivity contribution in [3.63, 3.8) is 0 Å². The second-order valence-corrected chi connectivity index (χ2v) is 4.84. The quantitative estimate of drug-likeness (QED) is 0.616. The largest absolute Gasteiger partial charge is 0.480 e. The van der Waals surface area contributed by atoms with Gasteiger partial charge in [0, 0.05) is 11.6 Å². The van der Waals surface area contributed by atoms with E-state index < -0.39 is 24.3 Å². The zero-order chi connectivity index (χ0) is 15.8. The fourth-order valence-electron chi connectivity index (χ4n) is 1.64. The number of carbonyl (C=O) groups is 3. The predicted octanol–water partition coefficient (Wildman–Crippen LogP) is -0.172. The molecule has 0 heterocycles. The van der Waals surface area contributed by atoms with Crippen molar-refractivity contribution in [3.8, 4) is 0 Å². The van der Waals surface area contributed by atoms with Crippen molar-refractivity contribution >= 4 is 29.4 Å². The summed E-state index contributed by atoms with van der Waals surface area (Å²) in [4.78, 5) is 34.4. The summed E-state index contributed by atoms with van der Waals surface area (Å²) in [6.07, 6.45) is 0. The molecule has 4 N–H and O–H groups in total. The third-order valence-electron chi connectivity index (χ3n) is 2.51. The van der Waals surface area contributed by atoms with Crippen LogP contribution in [0.3, 0.4) is 0 Å². The molecule has 0 radical (unpaired) electrons. The van der Waals surface area contributed by atoms with E-state index in [0.717, 1.165) is 10.5 Å². The molecule has 0 spiro atoms. The minimum absolute atomic E-state index is 0.219. The molecule has 0 atom stereocenters. The van der Waals surface area contributed by atoms with E-state index in [9.17, 15) is 14.4 Å². The summed E-state index contributed by atoms with van der Waals surface area (Å²) in [6, 6.07) is 6.93. The molecule has 0 bridgehead atoms. The Bertz CT molecular complexity index is 503. The number of benzene rings is 1. The van der Waals surface area contributed by atoms with Crippen LogP contribution in [0.4, 0.5) is 0 Å². The number of carbonyl (C=O) groups excluding carboxylic acids is 2. The van der Waals surface area contributed by atoms with Gasteiger partial charge in [-0.3, -0.25) is 19.3 Å².